The van der Waals surface area contributed by atoms with E-state index in [2.05, 4.69) is 53.2 Å². The van der Waals surface area contributed by atoms with Crippen LogP contribution in [-0.2, 0) is 13.1 Å². The predicted octanol–water partition coefficient (Wildman–Crippen LogP) is 2.75. The Morgan fingerprint density at radius 2 is 2.16 bits per heavy atom. The normalized spacial score (nSPS) is 11.4. The minimum absolute atomic E-state index is 0.672. The van der Waals surface area contributed by atoms with Gasteiger partial charge in [0.15, 0.2) is 0 Å². The zero-order chi connectivity index (χ0) is 13.8. The topological polar surface area (TPSA) is 42.7 Å². The van der Waals surface area contributed by atoms with E-state index in [0.29, 0.717) is 5.92 Å². The van der Waals surface area contributed by atoms with Crippen molar-refractivity contribution in [3.63, 3.8) is 0 Å². The molecule has 0 saturated carbocycles. The molecule has 0 aliphatic heterocycles. The summed E-state index contributed by atoms with van der Waals surface area (Å²) in [7, 11) is 0. The van der Waals surface area contributed by atoms with Crippen molar-refractivity contribution < 1.29 is 0 Å². The zero-order valence-electron chi connectivity index (χ0n) is 12.1. The van der Waals surface area contributed by atoms with Crippen LogP contribution in [0.2, 0.25) is 0 Å². The van der Waals surface area contributed by atoms with Gasteiger partial charge in [-0.2, -0.15) is 5.10 Å². The van der Waals surface area contributed by atoms with Crippen molar-refractivity contribution in [2.24, 2.45) is 5.92 Å². The lowest BCUT2D eigenvalue weighted by Gasteiger charge is -2.08. The van der Waals surface area contributed by atoms with Gasteiger partial charge in [0.1, 0.15) is 0 Å². The van der Waals surface area contributed by atoms with Gasteiger partial charge in [0, 0.05) is 23.2 Å². The molecule has 4 nitrogen and oxygen atoms in total. The fraction of sp³-hybridized carbons (Fsp3) is 0.571. The third kappa shape index (κ3) is 3.64. The van der Waals surface area contributed by atoms with Crippen LogP contribution < -0.4 is 5.32 Å². The van der Waals surface area contributed by atoms with Crippen LogP contribution in [0.5, 0.6) is 0 Å². The number of hydrogen-bond donors (Lipinski definition) is 1. The maximum absolute atomic E-state index is 4.62. The Balaban J connectivity index is 2.06. The lowest BCUT2D eigenvalue weighted by atomic mass is 10.2. The molecular weight excluding hydrogens is 256 g/mol. The number of hydrogen-bond acceptors (Lipinski definition) is 4. The van der Waals surface area contributed by atoms with Gasteiger partial charge >= 0.3 is 0 Å². The van der Waals surface area contributed by atoms with Crippen LogP contribution in [0.15, 0.2) is 10.9 Å². The Morgan fingerprint density at radius 3 is 2.79 bits per heavy atom. The van der Waals surface area contributed by atoms with E-state index in [4.69, 9.17) is 0 Å². The van der Waals surface area contributed by atoms with Gasteiger partial charge in [-0.25, -0.2) is 4.98 Å². The molecule has 0 aliphatic carbocycles. The molecule has 0 fully saturated rings. The molecule has 5 heteroatoms. The molecule has 1 N–H and O–H groups in total. The average Bonchev–Trinajstić information content (AvgIpc) is 2.93. The Morgan fingerprint density at radius 1 is 1.37 bits per heavy atom. The van der Waals surface area contributed by atoms with Crippen molar-refractivity contribution >= 4 is 11.3 Å². The predicted molar refractivity (Wildman–Crippen MR) is 79.5 cm³/mol. The van der Waals surface area contributed by atoms with E-state index in [9.17, 15) is 0 Å². The zero-order valence-corrected chi connectivity index (χ0v) is 12.9. The van der Waals surface area contributed by atoms with Crippen LogP contribution in [0, 0.1) is 19.8 Å². The van der Waals surface area contributed by atoms with Gasteiger partial charge in [-0.1, -0.05) is 13.8 Å². The minimum Gasteiger partial charge on any atom is -0.312 e. The minimum atomic E-state index is 0.672. The van der Waals surface area contributed by atoms with Gasteiger partial charge in [-0.05, 0) is 26.3 Å². The molecular formula is C14H22N4S. The van der Waals surface area contributed by atoms with Crippen LogP contribution in [-0.4, -0.2) is 21.3 Å². The molecule has 0 amide bonds. The highest BCUT2D eigenvalue weighted by atomic mass is 32.1. The second-order valence-corrected chi connectivity index (χ2v) is 6.03. The second kappa shape index (κ2) is 6.30. The number of nitrogens with zero attached hydrogens (tertiary/aromatic N) is 3. The number of thiazole rings is 1. The lowest BCUT2D eigenvalue weighted by molar-refractivity contribution is 0.550. The third-order valence-electron chi connectivity index (χ3n) is 3.18. The fourth-order valence-corrected chi connectivity index (χ4v) is 2.65. The molecule has 0 spiro atoms. The van der Waals surface area contributed by atoms with E-state index in [1.54, 1.807) is 11.3 Å². The highest BCUT2D eigenvalue weighted by Crippen LogP contribution is 2.14. The van der Waals surface area contributed by atoms with Crippen LogP contribution >= 0.6 is 11.3 Å². The van der Waals surface area contributed by atoms with E-state index < -0.39 is 0 Å². The molecule has 0 unspecified atom stereocenters. The molecule has 0 saturated heterocycles. The van der Waals surface area contributed by atoms with E-state index in [1.807, 2.05) is 5.51 Å². The monoisotopic (exact) mass is 278 g/mol. The average molecular weight is 278 g/mol. The molecule has 19 heavy (non-hydrogen) atoms. The molecule has 2 heterocycles. The Kier molecular flexibility index (Phi) is 4.71. The van der Waals surface area contributed by atoms with Crippen LogP contribution in [0.3, 0.4) is 0 Å². The van der Waals surface area contributed by atoms with Crippen LogP contribution in [0.25, 0.3) is 0 Å². The molecule has 0 radical (unpaired) electrons. The molecule has 2 aromatic heterocycles. The van der Waals surface area contributed by atoms with Gasteiger partial charge in [0.25, 0.3) is 0 Å². The summed E-state index contributed by atoms with van der Waals surface area (Å²) in [6.45, 7) is 11.4. The van der Waals surface area contributed by atoms with Crippen molar-refractivity contribution in [1.82, 2.24) is 20.1 Å². The summed E-state index contributed by atoms with van der Waals surface area (Å²) in [5.74, 6) is 0.672. The molecule has 2 rings (SSSR count). The van der Waals surface area contributed by atoms with Crippen molar-refractivity contribution in [3.05, 3.63) is 33.5 Å². The quantitative estimate of drug-likeness (QED) is 0.883. The Hall–Kier alpha value is -1.20. The Bertz CT molecular complexity index is 514. The number of aryl methyl sites for hydroxylation is 1. The first kappa shape index (κ1) is 14.2. The van der Waals surface area contributed by atoms with E-state index in [-0.39, 0.29) is 0 Å². The largest absolute Gasteiger partial charge is 0.312 e. The second-order valence-electron chi connectivity index (χ2n) is 5.31. The smallest absolute Gasteiger partial charge is 0.0843 e. The van der Waals surface area contributed by atoms with Gasteiger partial charge in [-0.3, -0.25) is 4.68 Å². The Labute approximate surface area is 118 Å². The van der Waals surface area contributed by atoms with Crippen molar-refractivity contribution in [2.45, 2.75) is 40.8 Å². The van der Waals surface area contributed by atoms with Gasteiger partial charge in [-0.15, -0.1) is 11.3 Å². The van der Waals surface area contributed by atoms with Crippen molar-refractivity contribution in [2.75, 3.05) is 6.54 Å². The first-order valence-electron chi connectivity index (χ1n) is 6.68. The van der Waals surface area contributed by atoms with E-state index in [0.717, 1.165) is 31.0 Å². The summed E-state index contributed by atoms with van der Waals surface area (Å²) in [6, 6.07) is 0. The van der Waals surface area contributed by atoms with Gasteiger partial charge in [0.05, 0.1) is 23.4 Å². The van der Waals surface area contributed by atoms with Crippen molar-refractivity contribution in [1.29, 1.82) is 0 Å². The van der Waals surface area contributed by atoms with E-state index >= 15 is 0 Å². The summed E-state index contributed by atoms with van der Waals surface area (Å²) in [4.78, 5) is 4.32. The highest BCUT2D eigenvalue weighted by Gasteiger charge is 2.12. The third-order valence-corrected chi connectivity index (χ3v) is 3.82. The van der Waals surface area contributed by atoms with Crippen molar-refractivity contribution in [3.8, 4) is 0 Å². The fourth-order valence-electron chi connectivity index (χ4n) is 2.10. The first-order valence-corrected chi connectivity index (χ1v) is 7.63. The first-order chi connectivity index (χ1) is 9.08. The number of nitrogens with one attached hydrogen (secondary N) is 1. The lowest BCUT2D eigenvalue weighted by Crippen LogP contribution is -2.19. The molecule has 0 aromatic carbocycles. The SMILES string of the molecule is Cc1nn(Cc2cscn2)c(C)c1CNCC(C)C. The summed E-state index contributed by atoms with van der Waals surface area (Å²) < 4.78 is 2.05. The summed E-state index contributed by atoms with van der Waals surface area (Å²) >= 11 is 1.63. The highest BCUT2D eigenvalue weighted by molar-refractivity contribution is 7.07. The standard InChI is InChI=1S/C14H22N4S/c1-10(2)5-15-6-14-11(3)17-18(12(14)4)7-13-8-19-9-16-13/h8-10,15H,5-7H2,1-4H3. The molecule has 104 valence electrons. The van der Waals surface area contributed by atoms with Crippen LogP contribution in [0.1, 0.15) is 36.5 Å². The summed E-state index contributed by atoms with van der Waals surface area (Å²) in [5, 5.41) is 10.2. The summed E-state index contributed by atoms with van der Waals surface area (Å²) in [5.41, 5.74) is 6.62. The number of aromatic nitrogens is 3. The molecule has 2 aromatic rings. The van der Waals surface area contributed by atoms with Crippen LogP contribution in [0.4, 0.5) is 0 Å². The van der Waals surface area contributed by atoms with Gasteiger partial charge in [0.2, 0.25) is 0 Å². The number of rotatable bonds is 6. The van der Waals surface area contributed by atoms with E-state index in [1.165, 1.54) is 11.3 Å². The molecule has 0 aliphatic rings. The molecule has 0 atom stereocenters. The van der Waals surface area contributed by atoms with Gasteiger partial charge < -0.3 is 5.32 Å². The maximum atomic E-state index is 4.62. The summed E-state index contributed by atoms with van der Waals surface area (Å²) in [6.07, 6.45) is 0. The molecule has 0 bridgehead atoms. The maximum Gasteiger partial charge on any atom is 0.0843 e.